The number of aryl methyl sites for hydroxylation is 3. The van der Waals surface area contributed by atoms with Gasteiger partial charge in [0.2, 0.25) is 0 Å². The number of hydrogen-bond acceptors (Lipinski definition) is 6. The maximum absolute atomic E-state index is 12.7. The van der Waals surface area contributed by atoms with Crippen LogP contribution in [-0.2, 0) is 0 Å². The van der Waals surface area contributed by atoms with Gasteiger partial charge in [0.25, 0.3) is 5.91 Å². The summed E-state index contributed by atoms with van der Waals surface area (Å²) in [6, 6.07) is 17.0. The van der Waals surface area contributed by atoms with Crippen LogP contribution in [0.4, 0.5) is 23.0 Å². The van der Waals surface area contributed by atoms with Crippen molar-refractivity contribution in [2.45, 2.75) is 20.8 Å². The van der Waals surface area contributed by atoms with E-state index in [0.29, 0.717) is 22.9 Å². The zero-order valence-corrected chi connectivity index (χ0v) is 18.5. The van der Waals surface area contributed by atoms with E-state index in [0.717, 1.165) is 28.3 Å². The molecule has 4 rings (SSSR count). The third kappa shape index (κ3) is 4.59. The minimum absolute atomic E-state index is 0.148. The summed E-state index contributed by atoms with van der Waals surface area (Å²) in [5.41, 5.74) is 5.10. The molecule has 0 aliphatic rings. The smallest absolute Gasteiger partial charge is 0.255 e. The van der Waals surface area contributed by atoms with Gasteiger partial charge < -0.3 is 16.0 Å². The van der Waals surface area contributed by atoms with E-state index in [2.05, 4.69) is 31.0 Å². The quantitative estimate of drug-likeness (QED) is 0.415. The topological polar surface area (TPSA) is 96.8 Å². The number of nitrogens with zero attached hydrogens (tertiary/aromatic N) is 4. The van der Waals surface area contributed by atoms with Crippen LogP contribution in [0.1, 0.15) is 27.2 Å². The van der Waals surface area contributed by atoms with Crippen LogP contribution in [0.15, 0.2) is 60.9 Å². The van der Waals surface area contributed by atoms with Gasteiger partial charge >= 0.3 is 0 Å². The van der Waals surface area contributed by atoms with Crippen molar-refractivity contribution in [2.75, 3.05) is 23.0 Å². The van der Waals surface area contributed by atoms with Gasteiger partial charge in [-0.15, -0.1) is 0 Å². The van der Waals surface area contributed by atoms with Crippen molar-refractivity contribution in [3.8, 4) is 5.82 Å². The normalized spacial score (nSPS) is 10.6. The maximum atomic E-state index is 12.7. The number of hydrogen-bond donors (Lipinski definition) is 3. The Bertz CT molecular complexity index is 1280. The molecule has 0 radical (unpaired) electrons. The summed E-state index contributed by atoms with van der Waals surface area (Å²) in [5.74, 6) is 1.95. The number of nitrogens with one attached hydrogen (secondary N) is 3. The van der Waals surface area contributed by atoms with Gasteiger partial charge in [0.1, 0.15) is 18.0 Å². The number of amides is 1. The van der Waals surface area contributed by atoms with Crippen molar-refractivity contribution in [3.63, 3.8) is 0 Å². The maximum Gasteiger partial charge on any atom is 0.255 e. The number of carbonyl (C=O) groups excluding carboxylic acids is 1. The monoisotopic (exact) mass is 427 g/mol. The van der Waals surface area contributed by atoms with Crippen LogP contribution in [0.25, 0.3) is 5.82 Å². The molecule has 0 atom stereocenters. The molecule has 0 fully saturated rings. The summed E-state index contributed by atoms with van der Waals surface area (Å²) in [5, 5.41) is 14.0. The molecule has 0 spiro atoms. The average Bonchev–Trinajstić information content (AvgIpc) is 3.16. The van der Waals surface area contributed by atoms with Crippen molar-refractivity contribution in [2.24, 2.45) is 0 Å². The van der Waals surface area contributed by atoms with Crippen molar-refractivity contribution in [1.82, 2.24) is 19.7 Å². The second-order valence-electron chi connectivity index (χ2n) is 7.57. The zero-order chi connectivity index (χ0) is 22.7. The lowest BCUT2D eigenvalue weighted by atomic mass is 10.1. The fourth-order valence-electron chi connectivity index (χ4n) is 3.32. The standard InChI is InChI=1S/C24H25N7O/c1-15-6-5-7-18(10-15)24(32)28-19-9-8-16(2)20(12-19)29-23-11-17(3)30-31(23)22-13-21(25-4)26-14-27-22/h5-14,29H,1-4H3,(H,28,32)(H,25,26,27). The van der Waals surface area contributed by atoms with E-state index >= 15 is 0 Å². The Morgan fingerprint density at radius 3 is 2.59 bits per heavy atom. The predicted octanol–water partition coefficient (Wildman–Crippen LogP) is 4.63. The number of anilines is 4. The fourth-order valence-corrected chi connectivity index (χ4v) is 3.32. The molecule has 2 aromatic heterocycles. The second kappa shape index (κ2) is 8.89. The number of benzene rings is 2. The number of aromatic nitrogens is 4. The van der Waals surface area contributed by atoms with E-state index in [1.54, 1.807) is 17.8 Å². The summed E-state index contributed by atoms with van der Waals surface area (Å²) >= 11 is 0. The lowest BCUT2D eigenvalue weighted by Gasteiger charge is -2.14. The van der Waals surface area contributed by atoms with Gasteiger partial charge in [0.05, 0.1) is 5.69 Å². The van der Waals surface area contributed by atoms with Gasteiger partial charge in [-0.1, -0.05) is 23.8 Å². The van der Waals surface area contributed by atoms with Crippen LogP contribution in [0.2, 0.25) is 0 Å². The van der Waals surface area contributed by atoms with E-state index in [-0.39, 0.29) is 5.91 Å². The molecule has 0 aliphatic heterocycles. The molecule has 0 bridgehead atoms. The lowest BCUT2D eigenvalue weighted by Crippen LogP contribution is -2.12. The molecule has 0 saturated carbocycles. The molecule has 4 aromatic rings. The Kier molecular flexibility index (Phi) is 5.85. The van der Waals surface area contributed by atoms with E-state index in [1.165, 1.54) is 6.33 Å². The Hall–Kier alpha value is -4.20. The molecule has 3 N–H and O–H groups in total. The number of carbonyl (C=O) groups is 1. The summed E-state index contributed by atoms with van der Waals surface area (Å²) < 4.78 is 1.73. The highest BCUT2D eigenvalue weighted by molar-refractivity contribution is 6.04. The van der Waals surface area contributed by atoms with Crippen LogP contribution in [0, 0.1) is 20.8 Å². The first kappa shape index (κ1) is 21.0. The largest absolute Gasteiger partial charge is 0.373 e. The lowest BCUT2D eigenvalue weighted by molar-refractivity contribution is 0.102. The highest BCUT2D eigenvalue weighted by Crippen LogP contribution is 2.26. The summed E-state index contributed by atoms with van der Waals surface area (Å²) in [6.07, 6.45) is 1.49. The molecule has 2 heterocycles. The molecule has 1 amide bonds. The summed E-state index contributed by atoms with van der Waals surface area (Å²) in [7, 11) is 1.81. The van der Waals surface area contributed by atoms with Crippen molar-refractivity contribution in [3.05, 3.63) is 83.3 Å². The first-order chi connectivity index (χ1) is 15.4. The molecule has 8 nitrogen and oxygen atoms in total. The first-order valence-electron chi connectivity index (χ1n) is 10.3. The average molecular weight is 428 g/mol. The molecule has 162 valence electrons. The molecule has 2 aromatic carbocycles. The first-order valence-corrected chi connectivity index (χ1v) is 10.3. The third-order valence-corrected chi connectivity index (χ3v) is 5.00. The fraction of sp³-hybridized carbons (Fsp3) is 0.167. The van der Waals surface area contributed by atoms with Crippen LogP contribution in [0.3, 0.4) is 0 Å². The Balaban J connectivity index is 1.61. The molecular weight excluding hydrogens is 402 g/mol. The zero-order valence-electron chi connectivity index (χ0n) is 18.5. The van der Waals surface area contributed by atoms with E-state index < -0.39 is 0 Å². The van der Waals surface area contributed by atoms with Crippen molar-refractivity contribution >= 4 is 28.9 Å². The highest BCUT2D eigenvalue weighted by Gasteiger charge is 2.13. The van der Waals surface area contributed by atoms with Crippen LogP contribution in [-0.4, -0.2) is 32.7 Å². The van der Waals surface area contributed by atoms with Crippen LogP contribution < -0.4 is 16.0 Å². The Morgan fingerprint density at radius 2 is 1.81 bits per heavy atom. The van der Waals surface area contributed by atoms with E-state index in [1.807, 2.05) is 69.3 Å². The van der Waals surface area contributed by atoms with E-state index in [4.69, 9.17) is 0 Å². The second-order valence-corrected chi connectivity index (χ2v) is 7.57. The molecule has 0 unspecified atom stereocenters. The minimum Gasteiger partial charge on any atom is -0.373 e. The molecular formula is C24H25N7O. The summed E-state index contributed by atoms with van der Waals surface area (Å²) in [4.78, 5) is 21.2. The molecule has 8 heteroatoms. The minimum atomic E-state index is -0.148. The van der Waals surface area contributed by atoms with Gasteiger partial charge in [-0.3, -0.25) is 4.79 Å². The highest BCUT2D eigenvalue weighted by atomic mass is 16.1. The van der Waals surface area contributed by atoms with Gasteiger partial charge in [-0.2, -0.15) is 9.78 Å². The molecule has 0 saturated heterocycles. The van der Waals surface area contributed by atoms with Crippen molar-refractivity contribution < 1.29 is 4.79 Å². The Morgan fingerprint density at radius 1 is 0.969 bits per heavy atom. The SMILES string of the molecule is CNc1cc(-n2nc(C)cc2Nc2cc(NC(=O)c3cccc(C)c3)ccc2C)ncn1. The third-order valence-electron chi connectivity index (χ3n) is 5.00. The Labute approximate surface area is 186 Å². The number of rotatable bonds is 6. The van der Waals surface area contributed by atoms with Crippen LogP contribution in [0.5, 0.6) is 0 Å². The van der Waals surface area contributed by atoms with Gasteiger partial charge in [-0.05, 0) is 50.6 Å². The molecule has 32 heavy (non-hydrogen) atoms. The van der Waals surface area contributed by atoms with Crippen molar-refractivity contribution in [1.29, 1.82) is 0 Å². The summed E-state index contributed by atoms with van der Waals surface area (Å²) in [6.45, 7) is 5.89. The van der Waals surface area contributed by atoms with E-state index in [9.17, 15) is 4.79 Å². The van der Waals surface area contributed by atoms with Crippen LogP contribution >= 0.6 is 0 Å². The van der Waals surface area contributed by atoms with Gasteiger partial charge in [0.15, 0.2) is 5.82 Å². The van der Waals surface area contributed by atoms with Gasteiger partial charge in [-0.25, -0.2) is 9.97 Å². The molecule has 0 aliphatic carbocycles. The predicted molar refractivity (Wildman–Crippen MR) is 127 cm³/mol. The van der Waals surface area contributed by atoms with Gasteiger partial charge in [0, 0.05) is 36.1 Å².